The number of ketones is 1. The Hall–Kier alpha value is -3.26. The van der Waals surface area contributed by atoms with Crippen molar-refractivity contribution in [3.63, 3.8) is 0 Å². The van der Waals surface area contributed by atoms with E-state index < -0.39 is 19.9 Å². The molecule has 53 heavy (non-hydrogen) atoms. The first-order chi connectivity index (χ1) is 24.4. The molecule has 0 amide bonds. The van der Waals surface area contributed by atoms with Crippen molar-refractivity contribution in [1.29, 1.82) is 0 Å². The average molecular weight is 923 g/mol. The molecule has 0 fully saturated rings. The van der Waals surface area contributed by atoms with Crippen LogP contribution in [0.2, 0.25) is 13.1 Å². The van der Waals surface area contributed by atoms with Gasteiger partial charge in [-0.3, -0.25) is 9.78 Å². The Morgan fingerprint density at radius 3 is 2.13 bits per heavy atom. The number of hydrogen-bond donors (Lipinski definition) is 1. The summed E-state index contributed by atoms with van der Waals surface area (Å²) in [4.78, 5) is 16.5. The normalized spacial score (nSPS) is 13.9. The van der Waals surface area contributed by atoms with Gasteiger partial charge in [0.15, 0.2) is 5.78 Å². The molecule has 1 radical (unpaired) electrons. The third-order valence-corrected chi connectivity index (χ3v) is 12.9. The first-order valence-corrected chi connectivity index (χ1v) is 21.6. The molecule has 289 valence electrons. The van der Waals surface area contributed by atoms with E-state index in [4.69, 9.17) is 9.41 Å². The molecular formula is C44H55F3IrNO3Si-. The van der Waals surface area contributed by atoms with Crippen molar-refractivity contribution in [2.45, 2.75) is 113 Å². The van der Waals surface area contributed by atoms with Crippen LogP contribution >= 0.6 is 0 Å². The van der Waals surface area contributed by atoms with Crippen molar-refractivity contribution in [2.75, 3.05) is 0 Å². The number of aliphatic hydroxyl groups is 1. The smallest absolute Gasteiger partial charge is 0.394 e. The fraction of sp³-hybridized carbons (Fsp3) is 0.455. The fourth-order valence-electron chi connectivity index (χ4n) is 6.95. The van der Waals surface area contributed by atoms with Crippen molar-refractivity contribution in [3.05, 3.63) is 89.8 Å². The van der Waals surface area contributed by atoms with Gasteiger partial charge in [-0.2, -0.15) is 13.2 Å². The van der Waals surface area contributed by atoms with Gasteiger partial charge in [-0.05, 0) is 73.5 Å². The summed E-state index contributed by atoms with van der Waals surface area (Å²) in [7, 11) is -2.50. The van der Waals surface area contributed by atoms with Crippen LogP contribution in [0.5, 0.6) is 5.75 Å². The van der Waals surface area contributed by atoms with Crippen LogP contribution < -0.4 is 9.61 Å². The molecule has 1 aromatic heterocycles. The summed E-state index contributed by atoms with van der Waals surface area (Å²) in [6.45, 7) is 19.1. The van der Waals surface area contributed by atoms with Gasteiger partial charge in [0.2, 0.25) is 0 Å². The number of rotatable bonds is 11. The molecule has 9 heteroatoms. The predicted molar refractivity (Wildman–Crippen MR) is 211 cm³/mol. The van der Waals surface area contributed by atoms with Crippen LogP contribution in [0.1, 0.15) is 98.1 Å². The summed E-state index contributed by atoms with van der Waals surface area (Å²) in [5.41, 5.74) is 3.66. The average Bonchev–Trinajstić information content (AvgIpc) is 3.08. The Bertz CT molecular complexity index is 1910. The maximum absolute atomic E-state index is 13.6. The van der Waals surface area contributed by atoms with Gasteiger partial charge in [0.25, 0.3) is 8.32 Å². The van der Waals surface area contributed by atoms with Crippen molar-refractivity contribution in [1.82, 2.24) is 4.98 Å². The van der Waals surface area contributed by atoms with Crippen molar-refractivity contribution < 1.29 is 47.6 Å². The molecule has 2 heterocycles. The van der Waals surface area contributed by atoms with Gasteiger partial charge in [0.1, 0.15) is 5.75 Å². The number of carbonyl (C=O) groups is 1. The number of pyridine rings is 1. The Labute approximate surface area is 329 Å². The summed E-state index contributed by atoms with van der Waals surface area (Å²) < 4.78 is 47.4. The zero-order valence-corrected chi connectivity index (χ0v) is 36.2. The minimum atomic E-state index is -4.27. The molecule has 0 unspecified atom stereocenters. The maximum atomic E-state index is 13.6. The van der Waals surface area contributed by atoms with E-state index in [0.29, 0.717) is 11.5 Å². The minimum Gasteiger partial charge on any atom is -0.543 e. The number of aliphatic hydroxyl groups excluding tert-OH is 1. The molecule has 0 aliphatic carbocycles. The second-order valence-corrected chi connectivity index (χ2v) is 19.2. The van der Waals surface area contributed by atoms with Crippen LogP contribution in [-0.2, 0) is 31.3 Å². The molecule has 4 nitrogen and oxygen atoms in total. The van der Waals surface area contributed by atoms with E-state index in [-0.39, 0.29) is 49.9 Å². The van der Waals surface area contributed by atoms with Crippen molar-refractivity contribution in [3.8, 4) is 28.1 Å². The second-order valence-electron chi connectivity index (χ2n) is 15.4. The number of hydrogen-bond acceptors (Lipinski definition) is 4. The number of fused-ring (bicyclic) bond motifs is 4. The standard InChI is InChI=1S/C31H31F3NOSi.C13H24O2.Ir/c1-19(2)26-17-22(16-21-9-7-8-10-23(21)26)28-29-25(13-14-35-28)24-12-11-20(15-27(24)37(5,6)36-29)18-30(3,4)31(32,33)34;1-5-10(6-2)12(14)9-13(15)11(7-3)8-4;/h7-15,17,19H,18H2,1-6H3;9-11,14H,5-8H2,1-4H3;/q-1;;/b;12-9-;. The molecule has 0 atom stereocenters. The van der Waals surface area contributed by atoms with E-state index in [1.54, 1.807) is 6.20 Å². The number of benzene rings is 3. The second kappa shape index (κ2) is 17.9. The molecular weight excluding hydrogens is 868 g/mol. The topological polar surface area (TPSA) is 59.4 Å². The molecule has 0 saturated heterocycles. The van der Waals surface area contributed by atoms with Crippen LogP contribution in [0.4, 0.5) is 13.2 Å². The quantitative estimate of drug-likeness (QED) is 0.0705. The summed E-state index contributed by atoms with van der Waals surface area (Å²) in [5, 5.41) is 13.0. The molecule has 1 aliphatic rings. The van der Waals surface area contributed by atoms with Crippen LogP contribution in [0, 0.1) is 23.3 Å². The Morgan fingerprint density at radius 2 is 1.55 bits per heavy atom. The van der Waals surface area contributed by atoms with Crippen molar-refractivity contribution in [2.24, 2.45) is 17.3 Å². The fourth-order valence-corrected chi connectivity index (χ4v) is 9.18. The maximum Gasteiger partial charge on any atom is 0.394 e. The number of aromatic nitrogens is 1. The number of allylic oxidation sites excluding steroid dienone is 2. The zero-order chi connectivity index (χ0) is 38.6. The number of nitrogens with zero attached hydrogens (tertiary/aromatic N) is 1. The summed E-state index contributed by atoms with van der Waals surface area (Å²) in [6.07, 6.45) is 2.33. The monoisotopic (exact) mass is 923 g/mol. The SMILES string of the molecule is CC(C)c1cc(-c2nccc3c2O[Si](C)(C)c2cc(CC(C)(C)C(F)(F)F)ccc2-3)[c-]c2ccccc12.CCC(CC)C(=O)/C=C(\O)C(CC)CC.[Ir]. The predicted octanol–water partition coefficient (Wildman–Crippen LogP) is 12.3. The van der Waals surface area contributed by atoms with E-state index >= 15 is 0 Å². The number of halogens is 3. The summed E-state index contributed by atoms with van der Waals surface area (Å²) in [6, 6.07) is 21.6. The summed E-state index contributed by atoms with van der Waals surface area (Å²) in [5.74, 6) is 1.60. The number of carbonyl (C=O) groups excluding carboxylic acids is 1. The van der Waals surface area contributed by atoms with E-state index in [9.17, 15) is 23.1 Å². The molecule has 4 aromatic rings. The third-order valence-electron chi connectivity index (χ3n) is 10.5. The van der Waals surface area contributed by atoms with Crippen LogP contribution in [0.25, 0.3) is 33.2 Å². The van der Waals surface area contributed by atoms with Crippen LogP contribution in [-0.4, -0.2) is 30.4 Å². The van der Waals surface area contributed by atoms with Crippen LogP contribution in [0.15, 0.2) is 72.6 Å². The van der Waals surface area contributed by atoms with Crippen LogP contribution in [0.3, 0.4) is 0 Å². The molecule has 0 saturated carbocycles. The van der Waals surface area contributed by atoms with E-state index in [0.717, 1.165) is 64.4 Å². The minimum absolute atomic E-state index is 0. The van der Waals surface area contributed by atoms with E-state index in [1.165, 1.54) is 30.9 Å². The Balaban J connectivity index is 0.000000403. The van der Waals surface area contributed by atoms with E-state index in [2.05, 4.69) is 51.2 Å². The molecule has 5 rings (SSSR count). The van der Waals surface area contributed by atoms with Gasteiger partial charge in [-0.25, -0.2) is 0 Å². The molecule has 0 bridgehead atoms. The van der Waals surface area contributed by atoms with Gasteiger partial charge in [-0.1, -0.05) is 103 Å². The first kappa shape index (κ1) is 44.1. The van der Waals surface area contributed by atoms with Gasteiger partial charge in [0, 0.05) is 55.5 Å². The van der Waals surface area contributed by atoms with Crippen molar-refractivity contribution >= 4 is 30.1 Å². The summed E-state index contributed by atoms with van der Waals surface area (Å²) >= 11 is 0. The van der Waals surface area contributed by atoms with Gasteiger partial charge in [0.05, 0.1) is 11.2 Å². The first-order valence-electron chi connectivity index (χ1n) is 18.7. The zero-order valence-electron chi connectivity index (χ0n) is 32.8. The molecule has 1 N–H and O–H groups in total. The Kier molecular flexibility index (Phi) is 14.9. The third kappa shape index (κ3) is 9.89. The molecule has 0 spiro atoms. The molecule has 3 aromatic carbocycles. The van der Waals surface area contributed by atoms with Gasteiger partial charge in [-0.15, -0.1) is 29.1 Å². The van der Waals surface area contributed by atoms with Gasteiger partial charge < -0.3 is 9.53 Å². The van der Waals surface area contributed by atoms with Gasteiger partial charge >= 0.3 is 6.18 Å². The molecule has 1 aliphatic heterocycles. The largest absolute Gasteiger partial charge is 0.543 e. The number of alkyl halides is 3. The Morgan fingerprint density at radius 1 is 0.925 bits per heavy atom. The van der Waals surface area contributed by atoms with E-state index in [1.807, 2.05) is 64.1 Å².